The van der Waals surface area contributed by atoms with E-state index in [1.807, 2.05) is 30.3 Å². The van der Waals surface area contributed by atoms with Gasteiger partial charge in [0.05, 0.1) is 11.8 Å². The van der Waals surface area contributed by atoms with Gasteiger partial charge in [0.25, 0.3) is 0 Å². The minimum Gasteiger partial charge on any atom is -0.341 e. The Kier molecular flexibility index (Phi) is 5.99. The number of para-hydroxylation sites is 2. The van der Waals surface area contributed by atoms with E-state index in [1.54, 1.807) is 11.2 Å². The Morgan fingerprint density at radius 3 is 2.42 bits per heavy atom. The molecule has 0 aliphatic carbocycles. The van der Waals surface area contributed by atoms with E-state index < -0.39 is 10.0 Å². The molecule has 0 fully saturated rings. The number of anilines is 2. The highest BCUT2D eigenvalue weighted by molar-refractivity contribution is 7.89. The van der Waals surface area contributed by atoms with Crippen LogP contribution in [0.3, 0.4) is 0 Å². The molecule has 0 saturated carbocycles. The number of nitrogens with zero attached hydrogens (tertiary/aromatic N) is 2. The molecular formula is C21H28N2O2S. The summed E-state index contributed by atoms with van der Waals surface area (Å²) < 4.78 is 27.3. The molecule has 4 nitrogen and oxygen atoms in total. The zero-order valence-electron chi connectivity index (χ0n) is 15.6. The second-order valence-electron chi connectivity index (χ2n) is 6.72. The highest BCUT2D eigenvalue weighted by Gasteiger charge is 2.34. The quantitative estimate of drug-likeness (QED) is 0.706. The first-order chi connectivity index (χ1) is 12.6. The van der Waals surface area contributed by atoms with Crippen LogP contribution in [0.15, 0.2) is 54.6 Å². The van der Waals surface area contributed by atoms with Crippen LogP contribution in [0.4, 0.5) is 11.4 Å². The van der Waals surface area contributed by atoms with E-state index in [9.17, 15) is 8.42 Å². The van der Waals surface area contributed by atoms with Gasteiger partial charge in [-0.25, -0.2) is 8.42 Å². The monoisotopic (exact) mass is 372 g/mol. The third-order valence-corrected chi connectivity index (χ3v) is 6.96. The van der Waals surface area contributed by atoms with E-state index in [2.05, 4.69) is 36.1 Å². The van der Waals surface area contributed by atoms with Crippen LogP contribution >= 0.6 is 0 Å². The Labute approximate surface area is 157 Å². The minimum absolute atomic E-state index is 0.0809. The molecule has 0 radical (unpaired) electrons. The van der Waals surface area contributed by atoms with Crippen LogP contribution < -0.4 is 4.90 Å². The first-order valence-corrected chi connectivity index (χ1v) is 11.1. The smallest absolute Gasteiger partial charge is 0.214 e. The Morgan fingerprint density at radius 2 is 1.73 bits per heavy atom. The number of hydrogen-bond donors (Lipinski definition) is 0. The molecule has 2 aromatic rings. The molecule has 0 saturated heterocycles. The minimum atomic E-state index is -3.24. The van der Waals surface area contributed by atoms with E-state index in [0.717, 1.165) is 42.7 Å². The van der Waals surface area contributed by atoms with Crippen molar-refractivity contribution >= 4 is 21.4 Å². The number of rotatable bonds is 7. The number of unbranched alkanes of at least 4 members (excludes halogenated alkanes) is 1. The highest BCUT2D eigenvalue weighted by atomic mass is 32.2. The third-order valence-electron chi connectivity index (χ3n) is 5.08. The van der Waals surface area contributed by atoms with Gasteiger partial charge < -0.3 is 4.90 Å². The van der Waals surface area contributed by atoms with Crippen molar-refractivity contribution in [2.45, 2.75) is 39.2 Å². The molecule has 1 aliphatic rings. The summed E-state index contributed by atoms with van der Waals surface area (Å²) in [7, 11) is -3.24. The van der Waals surface area contributed by atoms with Gasteiger partial charge in [-0.15, -0.1) is 0 Å². The summed E-state index contributed by atoms with van der Waals surface area (Å²) in [6.45, 7) is 5.24. The number of hydrogen-bond acceptors (Lipinski definition) is 3. The molecule has 3 rings (SSSR count). The molecule has 2 aromatic carbocycles. The molecule has 0 N–H and O–H groups in total. The van der Waals surface area contributed by atoms with Crippen LogP contribution in [0.1, 0.15) is 44.7 Å². The van der Waals surface area contributed by atoms with Gasteiger partial charge in [0.2, 0.25) is 10.0 Å². The van der Waals surface area contributed by atoms with Crippen molar-refractivity contribution in [3.63, 3.8) is 0 Å². The van der Waals surface area contributed by atoms with Crippen molar-refractivity contribution in [3.05, 3.63) is 60.2 Å². The lowest BCUT2D eigenvalue weighted by Gasteiger charge is -2.40. The fourth-order valence-electron chi connectivity index (χ4n) is 3.69. The van der Waals surface area contributed by atoms with E-state index in [1.165, 1.54) is 0 Å². The Bertz CT molecular complexity index is 821. The summed E-state index contributed by atoms with van der Waals surface area (Å²) in [5, 5.41) is 0. The Hall–Kier alpha value is -1.85. The Morgan fingerprint density at radius 1 is 1.04 bits per heavy atom. The van der Waals surface area contributed by atoms with Crippen molar-refractivity contribution in [2.75, 3.05) is 23.7 Å². The molecule has 0 amide bonds. The lowest BCUT2D eigenvalue weighted by molar-refractivity contribution is 0.302. The Balaban J connectivity index is 2.01. The standard InChI is InChI=1S/C21H28N2O2S/c1-3-5-16-23(26(24,25)4-2)21-15-17-22(18-11-7-6-8-12-18)20-14-10-9-13-19(20)21/h6-14,21H,3-5,15-17H2,1-2H3. The maximum Gasteiger partial charge on any atom is 0.214 e. The second-order valence-corrected chi connectivity index (χ2v) is 8.93. The molecule has 140 valence electrons. The van der Waals surface area contributed by atoms with Crippen LogP contribution in [-0.2, 0) is 10.0 Å². The molecule has 0 spiro atoms. The summed E-state index contributed by atoms with van der Waals surface area (Å²) in [5.41, 5.74) is 3.37. The summed E-state index contributed by atoms with van der Waals surface area (Å²) in [4.78, 5) is 2.29. The fourth-order valence-corrected chi connectivity index (χ4v) is 5.03. The van der Waals surface area contributed by atoms with Crippen LogP contribution in [0.2, 0.25) is 0 Å². The average molecular weight is 373 g/mol. The van der Waals surface area contributed by atoms with E-state index in [0.29, 0.717) is 6.54 Å². The highest BCUT2D eigenvalue weighted by Crippen LogP contribution is 2.41. The first kappa shape index (κ1) is 18.9. The molecule has 1 atom stereocenters. The van der Waals surface area contributed by atoms with Gasteiger partial charge in [-0.2, -0.15) is 4.31 Å². The summed E-state index contributed by atoms with van der Waals surface area (Å²) in [5.74, 6) is 0.151. The van der Waals surface area contributed by atoms with Gasteiger partial charge >= 0.3 is 0 Å². The van der Waals surface area contributed by atoms with E-state index in [-0.39, 0.29) is 11.8 Å². The van der Waals surface area contributed by atoms with Gasteiger partial charge in [0.1, 0.15) is 0 Å². The summed E-state index contributed by atoms with van der Waals surface area (Å²) in [6.07, 6.45) is 2.68. The SMILES string of the molecule is CCCCN(C1CCN(c2ccccc2)c2ccccc21)S(=O)(=O)CC. The van der Waals surface area contributed by atoms with Gasteiger partial charge in [-0.1, -0.05) is 49.7 Å². The normalized spacial score (nSPS) is 17.3. The number of benzene rings is 2. The fraction of sp³-hybridized carbons (Fsp3) is 0.429. The van der Waals surface area contributed by atoms with Gasteiger partial charge in [-0.3, -0.25) is 0 Å². The van der Waals surface area contributed by atoms with Crippen LogP contribution in [0.25, 0.3) is 0 Å². The molecule has 0 aromatic heterocycles. The molecule has 0 bridgehead atoms. The molecule has 26 heavy (non-hydrogen) atoms. The molecule has 1 heterocycles. The topological polar surface area (TPSA) is 40.6 Å². The zero-order valence-corrected chi connectivity index (χ0v) is 16.5. The maximum atomic E-state index is 12.8. The predicted molar refractivity (Wildman–Crippen MR) is 108 cm³/mol. The van der Waals surface area contributed by atoms with Gasteiger partial charge in [-0.05, 0) is 43.5 Å². The number of sulfonamides is 1. The first-order valence-electron chi connectivity index (χ1n) is 9.49. The average Bonchev–Trinajstić information content (AvgIpc) is 2.68. The summed E-state index contributed by atoms with van der Waals surface area (Å²) in [6, 6.07) is 18.5. The molecule has 1 unspecified atom stereocenters. The van der Waals surface area contributed by atoms with E-state index in [4.69, 9.17) is 0 Å². The zero-order chi connectivity index (χ0) is 18.6. The van der Waals surface area contributed by atoms with Crippen molar-refractivity contribution in [3.8, 4) is 0 Å². The maximum absolute atomic E-state index is 12.8. The molecular weight excluding hydrogens is 344 g/mol. The van der Waals surface area contributed by atoms with Crippen molar-refractivity contribution in [2.24, 2.45) is 0 Å². The molecule has 1 aliphatic heterocycles. The van der Waals surface area contributed by atoms with Crippen molar-refractivity contribution in [1.82, 2.24) is 4.31 Å². The lowest BCUT2D eigenvalue weighted by atomic mass is 9.95. The van der Waals surface area contributed by atoms with Gasteiger partial charge in [0, 0.05) is 24.5 Å². The number of fused-ring (bicyclic) bond motifs is 1. The van der Waals surface area contributed by atoms with Crippen LogP contribution in [0, 0.1) is 0 Å². The largest absolute Gasteiger partial charge is 0.341 e. The summed E-state index contributed by atoms with van der Waals surface area (Å²) >= 11 is 0. The third kappa shape index (κ3) is 3.79. The van der Waals surface area contributed by atoms with E-state index >= 15 is 0 Å². The van der Waals surface area contributed by atoms with Crippen molar-refractivity contribution in [1.29, 1.82) is 0 Å². The second kappa shape index (κ2) is 8.23. The van der Waals surface area contributed by atoms with Crippen molar-refractivity contribution < 1.29 is 8.42 Å². The van der Waals surface area contributed by atoms with Crippen LogP contribution in [0.5, 0.6) is 0 Å². The lowest BCUT2D eigenvalue weighted by Crippen LogP contribution is -2.41. The predicted octanol–water partition coefficient (Wildman–Crippen LogP) is 4.72. The van der Waals surface area contributed by atoms with Crippen LogP contribution in [-0.4, -0.2) is 31.6 Å². The molecule has 5 heteroatoms. The van der Waals surface area contributed by atoms with Gasteiger partial charge in [0.15, 0.2) is 0 Å².